The van der Waals surface area contributed by atoms with Crippen molar-refractivity contribution in [1.29, 1.82) is 0 Å². The van der Waals surface area contributed by atoms with Gasteiger partial charge in [-0.1, -0.05) is 18.2 Å². The lowest BCUT2D eigenvalue weighted by Crippen LogP contribution is -2.18. The molecule has 4 aromatic rings. The zero-order valence-electron chi connectivity index (χ0n) is 16.8. The molecular formula is C22H23F2N5O. The summed E-state index contributed by atoms with van der Waals surface area (Å²) in [6, 6.07) is 13.5. The largest absolute Gasteiger partial charge is 0.487 e. The summed E-state index contributed by atoms with van der Waals surface area (Å²) >= 11 is 0. The van der Waals surface area contributed by atoms with Crippen molar-refractivity contribution in [3.8, 4) is 5.75 Å². The molecule has 4 rings (SSSR count). The molecule has 1 atom stereocenters. The number of imidazole rings is 1. The number of fused-ring (bicyclic) bond motifs is 1. The standard InChI is InChI=1S/C22H23F2N5O/c1-15(25-11-17-12-28(2)27-21(17)22(23)24)16-6-5-7-19(10-16)30-14-18-13-29-9-4-3-8-20(29)26-18/h3-10,12-13,15,22,25H,11,14H2,1-2H3. The third-order valence-electron chi connectivity index (χ3n) is 4.90. The molecule has 30 heavy (non-hydrogen) atoms. The monoisotopic (exact) mass is 411 g/mol. The quantitative estimate of drug-likeness (QED) is 0.466. The van der Waals surface area contributed by atoms with Crippen molar-refractivity contribution in [1.82, 2.24) is 24.5 Å². The van der Waals surface area contributed by atoms with Gasteiger partial charge in [0.15, 0.2) is 0 Å². The molecule has 0 fully saturated rings. The second-order valence-electron chi connectivity index (χ2n) is 7.18. The van der Waals surface area contributed by atoms with Crippen molar-refractivity contribution in [3.63, 3.8) is 0 Å². The van der Waals surface area contributed by atoms with E-state index in [9.17, 15) is 8.78 Å². The van der Waals surface area contributed by atoms with Gasteiger partial charge >= 0.3 is 0 Å². The van der Waals surface area contributed by atoms with E-state index in [4.69, 9.17) is 4.74 Å². The van der Waals surface area contributed by atoms with Crippen molar-refractivity contribution in [3.05, 3.63) is 83.6 Å². The second kappa shape index (κ2) is 8.62. The molecule has 156 valence electrons. The summed E-state index contributed by atoms with van der Waals surface area (Å²) in [7, 11) is 1.64. The van der Waals surface area contributed by atoms with Crippen LogP contribution in [0.3, 0.4) is 0 Å². The van der Waals surface area contributed by atoms with Gasteiger partial charge in [-0.3, -0.25) is 4.68 Å². The Morgan fingerprint density at radius 2 is 2.00 bits per heavy atom. The first-order valence-corrected chi connectivity index (χ1v) is 9.69. The number of hydrogen-bond acceptors (Lipinski definition) is 4. The molecule has 0 amide bonds. The summed E-state index contributed by atoms with van der Waals surface area (Å²) in [5, 5.41) is 7.13. The summed E-state index contributed by atoms with van der Waals surface area (Å²) in [6.07, 6.45) is 2.92. The van der Waals surface area contributed by atoms with E-state index in [0.29, 0.717) is 18.7 Å². The molecule has 0 saturated heterocycles. The lowest BCUT2D eigenvalue weighted by Gasteiger charge is -2.15. The molecular weight excluding hydrogens is 388 g/mol. The van der Waals surface area contributed by atoms with E-state index in [1.807, 2.05) is 66.2 Å². The molecule has 1 unspecified atom stereocenters. The Morgan fingerprint density at radius 1 is 1.13 bits per heavy atom. The number of pyridine rings is 1. The number of nitrogens with one attached hydrogen (secondary N) is 1. The Bertz CT molecular complexity index is 1100. The summed E-state index contributed by atoms with van der Waals surface area (Å²) < 4.78 is 35.5. The van der Waals surface area contributed by atoms with Gasteiger partial charge in [-0.05, 0) is 36.8 Å². The Kier molecular flexibility index (Phi) is 5.76. The highest BCUT2D eigenvalue weighted by molar-refractivity contribution is 5.39. The highest BCUT2D eigenvalue weighted by atomic mass is 19.3. The maximum absolute atomic E-state index is 13.1. The van der Waals surface area contributed by atoms with Crippen molar-refractivity contribution < 1.29 is 13.5 Å². The number of alkyl halides is 2. The molecule has 8 heteroatoms. The third kappa shape index (κ3) is 4.49. The molecule has 0 aliphatic rings. The van der Waals surface area contributed by atoms with Crippen LogP contribution in [0.5, 0.6) is 5.75 Å². The minimum atomic E-state index is -2.59. The van der Waals surface area contributed by atoms with E-state index in [1.54, 1.807) is 13.2 Å². The fourth-order valence-corrected chi connectivity index (χ4v) is 3.34. The molecule has 0 bridgehead atoms. The molecule has 3 heterocycles. The molecule has 0 aliphatic heterocycles. The molecule has 0 saturated carbocycles. The summed E-state index contributed by atoms with van der Waals surface area (Å²) in [6.45, 7) is 2.65. The third-order valence-corrected chi connectivity index (χ3v) is 4.90. The van der Waals surface area contributed by atoms with Crippen molar-refractivity contribution >= 4 is 5.65 Å². The van der Waals surface area contributed by atoms with Gasteiger partial charge in [0.1, 0.15) is 23.7 Å². The Labute approximate surface area is 173 Å². The van der Waals surface area contributed by atoms with Gasteiger partial charge in [0.25, 0.3) is 6.43 Å². The Balaban J connectivity index is 1.38. The number of ether oxygens (including phenoxy) is 1. The molecule has 1 N–H and O–H groups in total. The number of aromatic nitrogens is 4. The number of aryl methyl sites for hydroxylation is 1. The van der Waals surface area contributed by atoms with Crippen LogP contribution in [0.1, 0.15) is 41.9 Å². The average molecular weight is 411 g/mol. The van der Waals surface area contributed by atoms with Gasteiger partial charge < -0.3 is 14.5 Å². The molecule has 0 radical (unpaired) electrons. The maximum atomic E-state index is 13.1. The van der Waals surface area contributed by atoms with Crippen LogP contribution in [0.25, 0.3) is 5.65 Å². The highest BCUT2D eigenvalue weighted by Crippen LogP contribution is 2.23. The predicted octanol–water partition coefficient (Wildman–Crippen LogP) is 4.44. The lowest BCUT2D eigenvalue weighted by molar-refractivity contribution is 0.144. The fraction of sp³-hybridized carbons (Fsp3) is 0.273. The van der Waals surface area contributed by atoms with Crippen LogP contribution >= 0.6 is 0 Å². The first kappa shape index (κ1) is 20.0. The summed E-state index contributed by atoms with van der Waals surface area (Å²) in [5.74, 6) is 0.729. The maximum Gasteiger partial charge on any atom is 0.282 e. The SMILES string of the molecule is CC(NCc1cn(C)nc1C(F)F)c1cccc(OCc2cn3ccccc3n2)c1. The topological polar surface area (TPSA) is 56.4 Å². The zero-order valence-corrected chi connectivity index (χ0v) is 16.8. The van der Waals surface area contributed by atoms with Crippen LogP contribution in [0.15, 0.2) is 61.1 Å². The molecule has 1 aromatic carbocycles. The second-order valence-corrected chi connectivity index (χ2v) is 7.18. The number of halogens is 2. The van der Waals surface area contributed by atoms with E-state index in [1.165, 1.54) is 4.68 Å². The number of nitrogens with zero attached hydrogens (tertiary/aromatic N) is 4. The smallest absolute Gasteiger partial charge is 0.282 e. The van der Waals surface area contributed by atoms with E-state index in [2.05, 4.69) is 15.4 Å². The van der Waals surface area contributed by atoms with E-state index in [-0.39, 0.29) is 11.7 Å². The van der Waals surface area contributed by atoms with E-state index in [0.717, 1.165) is 22.7 Å². The van der Waals surface area contributed by atoms with Crippen LogP contribution in [-0.2, 0) is 20.2 Å². The number of rotatable bonds is 8. The van der Waals surface area contributed by atoms with Gasteiger partial charge in [0.2, 0.25) is 0 Å². The zero-order chi connectivity index (χ0) is 21.1. The van der Waals surface area contributed by atoms with Crippen LogP contribution in [0.4, 0.5) is 8.78 Å². The summed E-state index contributed by atoms with van der Waals surface area (Å²) in [4.78, 5) is 4.53. The highest BCUT2D eigenvalue weighted by Gasteiger charge is 2.18. The number of benzene rings is 1. The molecule has 0 aliphatic carbocycles. The Hall–Kier alpha value is -3.26. The van der Waals surface area contributed by atoms with Crippen molar-refractivity contribution in [2.45, 2.75) is 32.5 Å². The van der Waals surface area contributed by atoms with Gasteiger partial charge in [0.05, 0.1) is 5.69 Å². The normalized spacial score (nSPS) is 12.6. The van der Waals surface area contributed by atoms with Crippen LogP contribution in [0, 0.1) is 0 Å². The predicted molar refractivity (Wildman–Crippen MR) is 109 cm³/mol. The van der Waals surface area contributed by atoms with Crippen LogP contribution in [0.2, 0.25) is 0 Å². The summed E-state index contributed by atoms with van der Waals surface area (Å²) in [5.41, 5.74) is 3.04. The minimum absolute atomic E-state index is 0.0468. The average Bonchev–Trinajstić information content (AvgIpc) is 3.33. The number of hydrogen-bond donors (Lipinski definition) is 1. The van der Waals surface area contributed by atoms with Gasteiger partial charge in [0, 0.05) is 43.8 Å². The van der Waals surface area contributed by atoms with Crippen LogP contribution in [-0.4, -0.2) is 19.2 Å². The minimum Gasteiger partial charge on any atom is -0.487 e. The lowest BCUT2D eigenvalue weighted by atomic mass is 10.1. The first-order chi connectivity index (χ1) is 14.5. The van der Waals surface area contributed by atoms with Gasteiger partial charge in [-0.15, -0.1) is 0 Å². The van der Waals surface area contributed by atoms with Crippen LogP contribution < -0.4 is 10.1 Å². The van der Waals surface area contributed by atoms with Crippen molar-refractivity contribution in [2.75, 3.05) is 0 Å². The van der Waals surface area contributed by atoms with Gasteiger partial charge in [-0.2, -0.15) is 5.10 Å². The molecule has 3 aromatic heterocycles. The van der Waals surface area contributed by atoms with E-state index < -0.39 is 6.43 Å². The fourth-order valence-electron chi connectivity index (χ4n) is 3.34. The van der Waals surface area contributed by atoms with Crippen molar-refractivity contribution in [2.24, 2.45) is 7.05 Å². The van der Waals surface area contributed by atoms with Gasteiger partial charge in [-0.25, -0.2) is 13.8 Å². The molecule has 0 spiro atoms. The first-order valence-electron chi connectivity index (χ1n) is 9.69. The Morgan fingerprint density at radius 3 is 2.80 bits per heavy atom. The van der Waals surface area contributed by atoms with E-state index >= 15 is 0 Å². The molecule has 6 nitrogen and oxygen atoms in total.